The molecule has 0 aliphatic rings. The lowest BCUT2D eigenvalue weighted by Gasteiger charge is -2.19. The van der Waals surface area contributed by atoms with Crippen molar-refractivity contribution in [1.82, 2.24) is 4.31 Å². The summed E-state index contributed by atoms with van der Waals surface area (Å²) < 4.78 is 2.55. The van der Waals surface area contributed by atoms with Gasteiger partial charge in [0.1, 0.15) is 0 Å². The molecule has 0 aromatic carbocycles. The third-order valence-electron chi connectivity index (χ3n) is 2.26. The van der Waals surface area contributed by atoms with Crippen molar-refractivity contribution in [2.24, 2.45) is 0 Å². The van der Waals surface area contributed by atoms with Crippen LogP contribution in [0.2, 0.25) is 0 Å². The molecule has 0 saturated carbocycles. The standard InChI is InChI=1S/C12H27NS/c1-4-7-9-12-14-13(10-6-3)11-8-5-2/h4-12H2,1-3H3. The van der Waals surface area contributed by atoms with Gasteiger partial charge in [0.05, 0.1) is 0 Å². The molecule has 0 aromatic rings. The Balaban J connectivity index is 3.40. The van der Waals surface area contributed by atoms with Crippen LogP contribution < -0.4 is 0 Å². The highest BCUT2D eigenvalue weighted by Gasteiger charge is 2.02. The second kappa shape index (κ2) is 11.4. The van der Waals surface area contributed by atoms with Gasteiger partial charge in [-0.15, -0.1) is 0 Å². The lowest BCUT2D eigenvalue weighted by Crippen LogP contribution is -2.18. The summed E-state index contributed by atoms with van der Waals surface area (Å²) >= 11 is 2.06. The zero-order valence-corrected chi connectivity index (χ0v) is 11.0. The average Bonchev–Trinajstić information content (AvgIpc) is 2.20. The molecule has 0 radical (unpaired) electrons. The summed E-state index contributed by atoms with van der Waals surface area (Å²) in [6.07, 6.45) is 8.05. The quantitative estimate of drug-likeness (QED) is 0.396. The molecule has 0 aliphatic heterocycles. The van der Waals surface area contributed by atoms with Crippen molar-refractivity contribution >= 4 is 11.9 Å². The summed E-state index contributed by atoms with van der Waals surface area (Å²) in [5.41, 5.74) is 0. The lowest BCUT2D eigenvalue weighted by atomic mass is 10.3. The maximum atomic E-state index is 2.55. The fourth-order valence-electron chi connectivity index (χ4n) is 1.37. The third kappa shape index (κ3) is 8.89. The second-order valence-corrected chi connectivity index (χ2v) is 5.01. The van der Waals surface area contributed by atoms with Gasteiger partial charge in [-0.25, -0.2) is 0 Å². The minimum atomic E-state index is 1.26. The van der Waals surface area contributed by atoms with Gasteiger partial charge in [-0.05, 0) is 19.3 Å². The van der Waals surface area contributed by atoms with Crippen LogP contribution in [0.15, 0.2) is 0 Å². The van der Waals surface area contributed by atoms with Gasteiger partial charge in [-0.3, -0.25) is 4.31 Å². The van der Waals surface area contributed by atoms with Gasteiger partial charge in [0, 0.05) is 18.8 Å². The first-order chi connectivity index (χ1) is 6.85. The molecule has 2 heteroatoms. The Morgan fingerprint density at radius 2 is 1.50 bits per heavy atom. The van der Waals surface area contributed by atoms with Crippen molar-refractivity contribution in [3.8, 4) is 0 Å². The van der Waals surface area contributed by atoms with E-state index < -0.39 is 0 Å². The Morgan fingerprint density at radius 1 is 0.786 bits per heavy atom. The highest BCUT2D eigenvalue weighted by Crippen LogP contribution is 2.14. The van der Waals surface area contributed by atoms with Crippen molar-refractivity contribution < 1.29 is 0 Å². The van der Waals surface area contributed by atoms with Crippen LogP contribution in [0.5, 0.6) is 0 Å². The van der Waals surface area contributed by atoms with E-state index in [0.717, 1.165) is 0 Å². The Morgan fingerprint density at radius 3 is 2.07 bits per heavy atom. The van der Waals surface area contributed by atoms with Gasteiger partial charge in [0.25, 0.3) is 0 Å². The smallest absolute Gasteiger partial charge is 0.00892 e. The predicted octanol–water partition coefficient (Wildman–Crippen LogP) is 4.34. The van der Waals surface area contributed by atoms with Gasteiger partial charge in [-0.1, -0.05) is 52.0 Å². The number of rotatable bonds is 10. The van der Waals surface area contributed by atoms with Crippen LogP contribution in [0.25, 0.3) is 0 Å². The molecule has 1 nitrogen and oxygen atoms in total. The first kappa shape index (κ1) is 14.3. The van der Waals surface area contributed by atoms with E-state index in [9.17, 15) is 0 Å². The summed E-state index contributed by atoms with van der Waals surface area (Å²) in [7, 11) is 0. The van der Waals surface area contributed by atoms with Crippen molar-refractivity contribution in [3.05, 3.63) is 0 Å². The van der Waals surface area contributed by atoms with Gasteiger partial charge in [-0.2, -0.15) is 0 Å². The van der Waals surface area contributed by atoms with Gasteiger partial charge in [0.2, 0.25) is 0 Å². The minimum Gasteiger partial charge on any atom is -0.251 e. The SMILES string of the molecule is CCCCCSN(CCC)CCCC. The maximum Gasteiger partial charge on any atom is 0.00892 e. The fourth-order valence-corrected chi connectivity index (χ4v) is 2.53. The molecule has 0 bridgehead atoms. The Labute approximate surface area is 94.8 Å². The number of hydrogen-bond donors (Lipinski definition) is 0. The monoisotopic (exact) mass is 217 g/mol. The van der Waals surface area contributed by atoms with Crippen LogP contribution in [-0.2, 0) is 0 Å². The van der Waals surface area contributed by atoms with Crippen molar-refractivity contribution in [1.29, 1.82) is 0 Å². The molecule has 0 rings (SSSR count). The Hall–Kier alpha value is 0.310. The normalized spacial score (nSPS) is 11.1. The predicted molar refractivity (Wildman–Crippen MR) is 68.8 cm³/mol. The fraction of sp³-hybridized carbons (Fsp3) is 1.00. The van der Waals surface area contributed by atoms with E-state index in [2.05, 4.69) is 37.0 Å². The highest BCUT2D eigenvalue weighted by atomic mass is 32.2. The number of hydrogen-bond acceptors (Lipinski definition) is 2. The van der Waals surface area contributed by atoms with E-state index in [0.29, 0.717) is 0 Å². The third-order valence-corrected chi connectivity index (χ3v) is 3.46. The maximum absolute atomic E-state index is 2.55. The average molecular weight is 217 g/mol. The molecule has 0 aromatic heterocycles. The van der Waals surface area contributed by atoms with E-state index in [1.165, 1.54) is 57.4 Å². The van der Waals surface area contributed by atoms with Crippen molar-refractivity contribution in [2.75, 3.05) is 18.8 Å². The van der Waals surface area contributed by atoms with Crippen LogP contribution in [0.1, 0.15) is 59.3 Å². The van der Waals surface area contributed by atoms with Crippen LogP contribution >= 0.6 is 11.9 Å². The van der Waals surface area contributed by atoms with Crippen molar-refractivity contribution in [2.45, 2.75) is 59.3 Å². The zero-order chi connectivity index (χ0) is 10.6. The number of nitrogens with zero attached hydrogens (tertiary/aromatic N) is 1. The van der Waals surface area contributed by atoms with Crippen LogP contribution in [0.4, 0.5) is 0 Å². The first-order valence-corrected chi connectivity index (χ1v) is 7.17. The van der Waals surface area contributed by atoms with Crippen LogP contribution in [0.3, 0.4) is 0 Å². The first-order valence-electron chi connectivity index (χ1n) is 6.23. The summed E-state index contributed by atoms with van der Waals surface area (Å²) in [4.78, 5) is 0. The van der Waals surface area contributed by atoms with Crippen molar-refractivity contribution in [3.63, 3.8) is 0 Å². The molecule has 0 aliphatic carbocycles. The summed E-state index contributed by atoms with van der Waals surface area (Å²) in [5.74, 6) is 1.32. The van der Waals surface area contributed by atoms with Gasteiger partial charge in [0.15, 0.2) is 0 Å². The molecule has 86 valence electrons. The van der Waals surface area contributed by atoms with E-state index >= 15 is 0 Å². The summed E-state index contributed by atoms with van der Waals surface area (Å²) in [6.45, 7) is 9.35. The van der Waals surface area contributed by atoms with Crippen LogP contribution in [-0.4, -0.2) is 23.1 Å². The molecule has 0 unspecified atom stereocenters. The molecule has 0 saturated heterocycles. The largest absolute Gasteiger partial charge is 0.251 e. The van der Waals surface area contributed by atoms with E-state index in [-0.39, 0.29) is 0 Å². The lowest BCUT2D eigenvalue weighted by molar-refractivity contribution is 0.454. The summed E-state index contributed by atoms with van der Waals surface area (Å²) in [6, 6.07) is 0. The zero-order valence-electron chi connectivity index (χ0n) is 10.2. The van der Waals surface area contributed by atoms with Crippen LogP contribution in [0, 0.1) is 0 Å². The molecular formula is C12H27NS. The van der Waals surface area contributed by atoms with Gasteiger partial charge >= 0.3 is 0 Å². The highest BCUT2D eigenvalue weighted by molar-refractivity contribution is 7.97. The molecule has 0 amide bonds. The van der Waals surface area contributed by atoms with E-state index in [1.54, 1.807) is 0 Å². The topological polar surface area (TPSA) is 3.24 Å². The molecule has 0 N–H and O–H groups in total. The molecular weight excluding hydrogens is 190 g/mol. The molecule has 0 fully saturated rings. The van der Waals surface area contributed by atoms with E-state index in [1.807, 2.05) is 0 Å². The molecule has 0 heterocycles. The Kier molecular flexibility index (Phi) is 11.6. The molecule has 14 heavy (non-hydrogen) atoms. The second-order valence-electron chi connectivity index (χ2n) is 3.82. The number of unbranched alkanes of at least 4 members (excludes halogenated alkanes) is 3. The Bertz CT molecular complexity index is 106. The van der Waals surface area contributed by atoms with Gasteiger partial charge < -0.3 is 0 Å². The molecule has 0 atom stereocenters. The van der Waals surface area contributed by atoms with E-state index in [4.69, 9.17) is 0 Å². The minimum absolute atomic E-state index is 1.26. The molecule has 0 spiro atoms. The summed E-state index contributed by atoms with van der Waals surface area (Å²) in [5, 5.41) is 0.